The van der Waals surface area contributed by atoms with Gasteiger partial charge in [0.25, 0.3) is 0 Å². The molecule has 454 valence electrons. The number of hydrogen-bond donors (Lipinski definition) is 7. The molecule has 0 radical (unpaired) electrons. The average molecular weight is 1200 g/mol. The summed E-state index contributed by atoms with van der Waals surface area (Å²) in [5.74, 6) is -4.76. The van der Waals surface area contributed by atoms with Crippen molar-refractivity contribution in [2.75, 3.05) is 33.0 Å². The standard InChI is InChI=1S/C61H72F2N7O14P/c1-36(41-16-19-44(20-17-41)61(62,63)85(79,80)81)31-53(73)66-47-21-18-42-9-4-10-43-33-45(56(55(42)43)57(47)75)58(76)67-46(22-25-51(64)71)37(2)84-34-40-13-11-38(12-14-40)7-5-27-65-54(74)35-83-30-29-82-28-6-8-39-15-23-48-50(32-39)69(3)60(78)70(48)49-24-26-52(72)68-59(49)77/h4,9-17,19-20,23,31-32,37,45-47,49,56H,5-8,18,21-22,24-30,33-35H2,1-3H3,(H2,64,71)(H,65,74)(H,66,73)(H,67,76)(H,68,72,77)(H2,79,80,81)/b36-31+/t37-,45-,46+,47+,49?,56?/m1/s1. The Morgan fingerprint density at radius 2 is 1.56 bits per heavy atom. The van der Waals surface area contributed by atoms with E-state index in [1.807, 2.05) is 60.7 Å². The van der Waals surface area contributed by atoms with Crippen LogP contribution < -0.4 is 32.7 Å². The van der Waals surface area contributed by atoms with Crippen LogP contribution in [0.1, 0.15) is 115 Å². The van der Waals surface area contributed by atoms with Crippen LogP contribution in [0.4, 0.5) is 8.78 Å². The smallest absolute Gasteiger partial charge is 0.379 e. The maximum atomic E-state index is 14.5. The second-order valence-electron chi connectivity index (χ2n) is 21.9. The van der Waals surface area contributed by atoms with Crippen LogP contribution in [0.3, 0.4) is 0 Å². The van der Waals surface area contributed by atoms with Crippen LogP contribution >= 0.6 is 7.60 Å². The van der Waals surface area contributed by atoms with Crippen LogP contribution in [0.25, 0.3) is 16.6 Å². The Kier molecular flexibility index (Phi) is 21.0. The van der Waals surface area contributed by atoms with Gasteiger partial charge in [0.15, 0.2) is 5.78 Å². The molecule has 0 bridgehead atoms. The van der Waals surface area contributed by atoms with E-state index in [0.717, 1.165) is 45.5 Å². The van der Waals surface area contributed by atoms with E-state index in [1.54, 1.807) is 20.9 Å². The van der Waals surface area contributed by atoms with Crippen LogP contribution in [0, 0.1) is 5.92 Å². The number of allylic oxidation sites excluding steroid dienone is 1. The van der Waals surface area contributed by atoms with Gasteiger partial charge in [0.1, 0.15) is 12.6 Å². The molecule has 1 fully saturated rings. The van der Waals surface area contributed by atoms with E-state index in [4.69, 9.17) is 29.7 Å². The minimum Gasteiger partial charge on any atom is -0.379 e. The van der Waals surface area contributed by atoms with Crippen LogP contribution in [0.15, 0.2) is 95.8 Å². The number of alkyl halides is 2. The Balaban J connectivity index is 0.742. The summed E-state index contributed by atoms with van der Waals surface area (Å²) in [6.45, 7) is 4.88. The highest BCUT2D eigenvalue weighted by Crippen LogP contribution is 2.59. The van der Waals surface area contributed by atoms with Crippen molar-refractivity contribution in [2.24, 2.45) is 18.7 Å². The molecule has 8 rings (SSSR count). The Hall–Kier alpha value is -7.53. The largest absolute Gasteiger partial charge is 0.399 e. The number of primary amides is 1. The first-order chi connectivity index (χ1) is 40.5. The summed E-state index contributed by atoms with van der Waals surface area (Å²) in [6, 6.07) is 20.9. The quantitative estimate of drug-likeness (QED) is 0.0151. The summed E-state index contributed by atoms with van der Waals surface area (Å²) < 4.78 is 60.3. The van der Waals surface area contributed by atoms with Gasteiger partial charge in [-0.1, -0.05) is 72.8 Å². The number of carbonyl (C=O) groups is 7. The van der Waals surface area contributed by atoms with Gasteiger partial charge >= 0.3 is 18.9 Å². The number of ketones is 1. The molecule has 2 heterocycles. The minimum atomic E-state index is -5.78. The summed E-state index contributed by atoms with van der Waals surface area (Å²) in [5.41, 5.74) is 7.35. The van der Waals surface area contributed by atoms with Crippen molar-refractivity contribution in [2.45, 2.75) is 127 Å². The first kappa shape index (κ1) is 63.5. The Morgan fingerprint density at radius 1 is 0.871 bits per heavy atom. The zero-order valence-electron chi connectivity index (χ0n) is 47.6. The molecular formula is C61H72F2N7O14P. The zero-order valence-corrected chi connectivity index (χ0v) is 48.5. The number of fused-ring (bicyclic) bond motifs is 1. The van der Waals surface area contributed by atoms with Crippen LogP contribution in [0.2, 0.25) is 0 Å². The van der Waals surface area contributed by atoms with Gasteiger partial charge in [-0.3, -0.25) is 52.6 Å². The normalized spacial score (nSPS) is 18.8. The van der Waals surface area contributed by atoms with E-state index in [2.05, 4.69) is 21.3 Å². The molecule has 5 aromatic rings. The Morgan fingerprint density at radius 3 is 2.28 bits per heavy atom. The van der Waals surface area contributed by atoms with Gasteiger partial charge in [0.05, 0.1) is 60.9 Å². The number of nitrogens with zero attached hydrogens (tertiary/aromatic N) is 2. The number of rotatable bonds is 28. The van der Waals surface area contributed by atoms with E-state index in [0.29, 0.717) is 74.0 Å². The number of benzene rings is 4. The maximum Gasteiger partial charge on any atom is 0.399 e. The second-order valence-corrected chi connectivity index (χ2v) is 23.6. The Labute approximate surface area is 489 Å². The van der Waals surface area contributed by atoms with E-state index in [9.17, 15) is 51.7 Å². The molecule has 6 atom stereocenters. The van der Waals surface area contributed by atoms with Gasteiger partial charge in [-0.05, 0) is 128 Å². The predicted octanol–water partition coefficient (Wildman–Crippen LogP) is 4.97. The van der Waals surface area contributed by atoms with Gasteiger partial charge in [-0.2, -0.15) is 8.78 Å². The predicted molar refractivity (Wildman–Crippen MR) is 309 cm³/mol. The third kappa shape index (κ3) is 15.7. The van der Waals surface area contributed by atoms with E-state index in [-0.39, 0.29) is 81.6 Å². The molecule has 8 N–H and O–H groups in total. The van der Waals surface area contributed by atoms with Crippen molar-refractivity contribution in [3.05, 3.63) is 146 Å². The molecule has 0 spiro atoms. The average Bonchev–Trinajstić information content (AvgIpc) is 2.15. The molecule has 6 amide bonds. The number of piperidine rings is 1. The number of hydrogen-bond acceptors (Lipinski definition) is 12. The molecule has 1 aliphatic heterocycles. The minimum absolute atomic E-state index is 0.0394. The molecule has 21 nitrogen and oxygen atoms in total. The fraction of sp³-hybridized carbons (Fsp3) is 0.443. The van der Waals surface area contributed by atoms with Crippen molar-refractivity contribution >= 4 is 65.4 Å². The summed E-state index contributed by atoms with van der Waals surface area (Å²) >= 11 is 0. The highest BCUT2D eigenvalue weighted by molar-refractivity contribution is 7.52. The number of carbonyl (C=O) groups excluding carboxylic acids is 7. The summed E-state index contributed by atoms with van der Waals surface area (Å²) in [6.07, 6.45) is 4.92. The highest BCUT2D eigenvalue weighted by atomic mass is 31.2. The molecule has 24 heteroatoms. The number of Topliss-reactive ketones (excluding diaryl/α,β-unsaturated/α-hetero) is 1. The number of imide groups is 1. The van der Waals surface area contributed by atoms with Gasteiger partial charge in [0, 0.05) is 44.7 Å². The molecule has 1 aromatic heterocycles. The van der Waals surface area contributed by atoms with E-state index < -0.39 is 78.5 Å². The van der Waals surface area contributed by atoms with Crippen molar-refractivity contribution in [3.8, 4) is 0 Å². The van der Waals surface area contributed by atoms with Crippen LogP contribution in [-0.2, 0) is 97.3 Å². The highest BCUT2D eigenvalue weighted by Gasteiger charge is 2.50. The van der Waals surface area contributed by atoms with E-state index in [1.165, 1.54) is 27.3 Å². The molecule has 2 unspecified atom stereocenters. The fourth-order valence-corrected chi connectivity index (χ4v) is 11.8. The van der Waals surface area contributed by atoms with E-state index >= 15 is 0 Å². The molecule has 0 saturated carbocycles. The fourth-order valence-electron chi connectivity index (χ4n) is 11.3. The van der Waals surface area contributed by atoms with Gasteiger partial charge in [-0.15, -0.1) is 0 Å². The third-order valence-electron chi connectivity index (χ3n) is 16.0. The molecule has 1 saturated heterocycles. The number of amides is 6. The zero-order chi connectivity index (χ0) is 61.2. The van der Waals surface area contributed by atoms with Crippen molar-refractivity contribution in [1.29, 1.82) is 0 Å². The maximum absolute atomic E-state index is 14.5. The number of imidazole rings is 1. The summed E-state index contributed by atoms with van der Waals surface area (Å²) in [4.78, 5) is 122. The number of nitrogens with one attached hydrogen (secondary N) is 4. The lowest BCUT2D eigenvalue weighted by Gasteiger charge is -2.28. The molecular weight excluding hydrogens is 1120 g/mol. The lowest BCUT2D eigenvalue weighted by molar-refractivity contribution is -0.136. The topological polar surface area (TPSA) is 306 Å². The number of nitrogens with two attached hydrogens (primary N) is 1. The summed E-state index contributed by atoms with van der Waals surface area (Å²) in [5, 5.41) is 11.1. The van der Waals surface area contributed by atoms with Crippen molar-refractivity contribution in [3.63, 3.8) is 0 Å². The molecule has 2 aliphatic carbocycles. The lowest BCUT2D eigenvalue weighted by Crippen LogP contribution is -2.49. The molecule has 4 aromatic carbocycles. The van der Waals surface area contributed by atoms with Crippen LogP contribution in [-0.4, -0.2) is 111 Å². The first-order valence-corrected chi connectivity index (χ1v) is 30.0. The Bertz CT molecular complexity index is 3450. The molecule has 85 heavy (non-hydrogen) atoms. The van der Waals surface area contributed by atoms with Gasteiger partial charge in [-0.25, -0.2) is 4.79 Å². The SMILES string of the molecule is C/C(=C\C(=O)N[C@H]1CCc2cccc3c2C(C1=O)[C@H](C(=O)N[C@@H](CCC(N)=O)[C@@H](C)OCc1ccc(CCCNC(=O)COCCOCCCc2ccc4c(c2)n(C)c(=O)n4C2CCC(=O)NC2=O)cc1)C3)c1ccc(C(F)(F)P(=O)(O)O)cc1. The second kappa shape index (κ2) is 28.1. The third-order valence-corrected chi connectivity index (χ3v) is 17.0. The van der Waals surface area contributed by atoms with Gasteiger partial charge in [0.2, 0.25) is 35.4 Å². The van der Waals surface area contributed by atoms with Crippen molar-refractivity contribution in [1.82, 2.24) is 30.4 Å². The first-order valence-electron chi connectivity index (χ1n) is 28.4. The number of aromatic nitrogens is 2. The number of ether oxygens (including phenoxy) is 3. The van der Waals surface area contributed by atoms with Gasteiger partial charge < -0.3 is 45.7 Å². The number of halogens is 2. The number of aryl methyl sites for hydroxylation is 4. The lowest BCUT2D eigenvalue weighted by atomic mass is 9.84. The van der Waals surface area contributed by atoms with Crippen LogP contribution in [0.5, 0.6) is 0 Å². The molecule has 3 aliphatic rings. The summed E-state index contributed by atoms with van der Waals surface area (Å²) in [7, 11) is -4.12. The van der Waals surface area contributed by atoms with Crippen molar-refractivity contribution < 1.29 is 70.9 Å². The monoisotopic (exact) mass is 1200 g/mol.